The molecule has 31 heavy (non-hydrogen) atoms. The molecule has 5 nitrogen and oxygen atoms in total. The third-order valence-corrected chi connectivity index (χ3v) is 6.62. The van der Waals surface area contributed by atoms with Crippen molar-refractivity contribution in [2.75, 3.05) is 19.7 Å². The van der Waals surface area contributed by atoms with Gasteiger partial charge in [0.15, 0.2) is 0 Å². The fourth-order valence-electron chi connectivity index (χ4n) is 4.26. The molecule has 0 spiro atoms. The van der Waals surface area contributed by atoms with Crippen LogP contribution in [0.5, 0.6) is 5.75 Å². The number of para-hydroxylation sites is 1. The Labute approximate surface area is 188 Å². The van der Waals surface area contributed by atoms with Gasteiger partial charge in [0.25, 0.3) is 0 Å². The number of ether oxygens (including phenoxy) is 1. The molecule has 6 heteroatoms. The maximum atomic E-state index is 11.5. The first-order valence-electron chi connectivity index (χ1n) is 10.8. The number of carbonyl (C=O) groups is 1. The van der Waals surface area contributed by atoms with Crippen LogP contribution in [0.3, 0.4) is 0 Å². The highest BCUT2D eigenvalue weighted by molar-refractivity contribution is 7.80. The highest BCUT2D eigenvalue weighted by atomic mass is 32.1. The number of nitrogens with two attached hydrogens (primary N) is 1. The smallest absolute Gasteiger partial charge is 0.220 e. The van der Waals surface area contributed by atoms with Crippen LogP contribution in [0.4, 0.5) is 0 Å². The van der Waals surface area contributed by atoms with Crippen LogP contribution in [0, 0.1) is 19.8 Å². The van der Waals surface area contributed by atoms with Gasteiger partial charge in [0.1, 0.15) is 17.3 Å². The van der Waals surface area contributed by atoms with Crippen LogP contribution in [-0.2, 0) is 11.3 Å². The Kier molecular flexibility index (Phi) is 6.28. The fourth-order valence-corrected chi connectivity index (χ4v) is 4.60. The first-order valence-corrected chi connectivity index (χ1v) is 11.2. The predicted octanol–water partition coefficient (Wildman–Crippen LogP) is 4.21. The van der Waals surface area contributed by atoms with E-state index in [0.717, 1.165) is 65.2 Å². The lowest BCUT2D eigenvalue weighted by molar-refractivity contribution is -0.122. The van der Waals surface area contributed by atoms with E-state index in [1.807, 2.05) is 6.07 Å². The molecular formula is C25H29N3O2S. The number of hydrogen-bond donors (Lipinski definition) is 1. The number of aryl methyl sites for hydroxylation is 2. The summed E-state index contributed by atoms with van der Waals surface area (Å²) in [5.74, 6) is 0.693. The number of amides is 1. The molecule has 1 aromatic heterocycles. The van der Waals surface area contributed by atoms with Gasteiger partial charge < -0.3 is 19.9 Å². The van der Waals surface area contributed by atoms with Gasteiger partial charge in [-0.05, 0) is 49.9 Å². The maximum Gasteiger partial charge on any atom is 0.220 e. The predicted molar refractivity (Wildman–Crippen MR) is 129 cm³/mol. The largest absolute Gasteiger partial charge is 0.491 e. The quantitative estimate of drug-likeness (QED) is 0.589. The van der Waals surface area contributed by atoms with E-state index in [1.165, 1.54) is 5.56 Å². The van der Waals surface area contributed by atoms with Crippen molar-refractivity contribution in [3.63, 3.8) is 0 Å². The Morgan fingerprint density at radius 2 is 1.90 bits per heavy atom. The molecule has 1 saturated heterocycles. The van der Waals surface area contributed by atoms with E-state index < -0.39 is 0 Å². The zero-order valence-corrected chi connectivity index (χ0v) is 19.0. The van der Waals surface area contributed by atoms with Crippen molar-refractivity contribution in [1.82, 2.24) is 9.47 Å². The van der Waals surface area contributed by atoms with Crippen molar-refractivity contribution in [3.8, 4) is 5.75 Å². The molecule has 2 N–H and O–H groups in total. The lowest BCUT2D eigenvalue weighted by Gasteiger charge is -2.32. The van der Waals surface area contributed by atoms with Crippen molar-refractivity contribution in [1.29, 1.82) is 0 Å². The summed E-state index contributed by atoms with van der Waals surface area (Å²) < 4.78 is 8.30. The molecule has 1 aliphatic rings. The maximum absolute atomic E-state index is 11.5. The van der Waals surface area contributed by atoms with Crippen LogP contribution in [0.1, 0.15) is 29.5 Å². The molecule has 1 fully saturated rings. The highest BCUT2D eigenvalue weighted by Crippen LogP contribution is 2.26. The second kappa shape index (κ2) is 9.10. The van der Waals surface area contributed by atoms with Crippen molar-refractivity contribution in [2.24, 2.45) is 11.7 Å². The van der Waals surface area contributed by atoms with Crippen molar-refractivity contribution < 1.29 is 9.53 Å². The van der Waals surface area contributed by atoms with Crippen LogP contribution in [0.15, 0.2) is 48.7 Å². The molecule has 0 saturated carbocycles. The number of piperidine rings is 1. The topological polar surface area (TPSA) is 60.5 Å². The van der Waals surface area contributed by atoms with Crippen molar-refractivity contribution in [2.45, 2.75) is 33.2 Å². The first kappa shape index (κ1) is 21.4. The number of likely N-dealkylation sites (tertiary alicyclic amines) is 1. The molecule has 1 aliphatic heterocycles. The van der Waals surface area contributed by atoms with Crippen molar-refractivity contribution >= 4 is 34.0 Å². The third kappa shape index (κ3) is 4.59. The lowest BCUT2D eigenvalue weighted by atomic mass is 9.96. The summed E-state index contributed by atoms with van der Waals surface area (Å²) in [6, 6.07) is 14.6. The number of hydrogen-bond acceptors (Lipinski definition) is 3. The lowest BCUT2D eigenvalue weighted by Crippen LogP contribution is -2.41. The van der Waals surface area contributed by atoms with Gasteiger partial charge in [-0.25, -0.2) is 0 Å². The van der Waals surface area contributed by atoms with E-state index in [1.54, 1.807) is 0 Å². The van der Waals surface area contributed by atoms with Gasteiger partial charge in [-0.15, -0.1) is 0 Å². The SMILES string of the molecule is Cc1ccc(C)c(OCCn2cc(C(=S)N3CCC(C(N)=O)CC3)c3ccccc32)c1. The first-order chi connectivity index (χ1) is 14.9. The van der Waals surface area contributed by atoms with Gasteiger partial charge in [0.2, 0.25) is 5.91 Å². The Hall–Kier alpha value is -2.86. The van der Waals surface area contributed by atoms with Crippen LogP contribution >= 0.6 is 12.2 Å². The number of aromatic nitrogens is 1. The van der Waals surface area contributed by atoms with Gasteiger partial charge in [-0.3, -0.25) is 4.79 Å². The second-order valence-corrected chi connectivity index (χ2v) is 8.73. The van der Waals surface area contributed by atoms with Crippen molar-refractivity contribution in [3.05, 3.63) is 65.4 Å². The molecule has 0 bridgehead atoms. The summed E-state index contributed by atoms with van der Waals surface area (Å²) in [6.07, 6.45) is 3.66. The van der Waals surface area contributed by atoms with E-state index in [4.69, 9.17) is 22.7 Å². The van der Waals surface area contributed by atoms with Crippen LogP contribution < -0.4 is 10.5 Å². The van der Waals surface area contributed by atoms with E-state index in [2.05, 4.69) is 65.9 Å². The second-order valence-electron chi connectivity index (χ2n) is 8.34. The number of benzene rings is 2. The minimum Gasteiger partial charge on any atom is -0.491 e. The molecule has 162 valence electrons. The van der Waals surface area contributed by atoms with Crippen LogP contribution in [0.2, 0.25) is 0 Å². The summed E-state index contributed by atoms with van der Waals surface area (Å²) in [4.78, 5) is 14.5. The van der Waals surface area contributed by atoms with Gasteiger partial charge in [0, 0.05) is 41.7 Å². The minimum absolute atomic E-state index is 0.0392. The number of fused-ring (bicyclic) bond motifs is 1. The Morgan fingerprint density at radius 3 is 2.65 bits per heavy atom. The molecular weight excluding hydrogens is 406 g/mol. The van der Waals surface area contributed by atoms with Gasteiger partial charge in [0.05, 0.1) is 6.54 Å². The zero-order chi connectivity index (χ0) is 22.0. The monoisotopic (exact) mass is 435 g/mol. The molecule has 0 atom stereocenters. The summed E-state index contributed by atoms with van der Waals surface area (Å²) in [6.45, 7) is 6.99. The van der Waals surface area contributed by atoms with Crippen LogP contribution in [0.25, 0.3) is 10.9 Å². The Morgan fingerprint density at radius 1 is 1.16 bits per heavy atom. The highest BCUT2D eigenvalue weighted by Gasteiger charge is 2.26. The molecule has 2 aromatic carbocycles. The molecule has 4 rings (SSSR count). The summed E-state index contributed by atoms with van der Waals surface area (Å²) >= 11 is 5.87. The van der Waals surface area contributed by atoms with E-state index in [0.29, 0.717) is 6.61 Å². The van der Waals surface area contributed by atoms with Gasteiger partial charge in [-0.1, -0.05) is 42.5 Å². The third-order valence-electron chi connectivity index (χ3n) is 6.14. The Bertz CT molecular complexity index is 1110. The number of nitrogens with zero attached hydrogens (tertiary/aromatic N) is 2. The van der Waals surface area contributed by atoms with E-state index >= 15 is 0 Å². The van der Waals surface area contributed by atoms with Crippen LogP contribution in [-0.4, -0.2) is 40.1 Å². The number of thiocarbonyl (C=S) groups is 1. The normalized spacial score (nSPS) is 14.7. The number of primary amides is 1. The average molecular weight is 436 g/mol. The molecule has 1 amide bonds. The van der Waals surface area contributed by atoms with Gasteiger partial charge in [-0.2, -0.15) is 0 Å². The molecule has 2 heterocycles. The van der Waals surface area contributed by atoms with E-state index in [9.17, 15) is 4.79 Å². The number of carbonyl (C=O) groups excluding carboxylic acids is 1. The van der Waals surface area contributed by atoms with Gasteiger partial charge >= 0.3 is 0 Å². The molecule has 3 aromatic rings. The molecule has 0 aliphatic carbocycles. The summed E-state index contributed by atoms with van der Waals surface area (Å²) in [5.41, 5.74) is 10.0. The standard InChI is InChI=1S/C25H29N3O2S/c1-17-7-8-18(2)23(15-17)30-14-13-28-16-21(20-5-3-4-6-22(20)28)25(31)27-11-9-19(10-12-27)24(26)29/h3-8,15-16,19H,9-14H2,1-2H3,(H2,26,29). The Balaban J connectivity index is 1.50. The zero-order valence-electron chi connectivity index (χ0n) is 18.1. The molecule has 0 radical (unpaired) electrons. The van der Waals surface area contributed by atoms with E-state index in [-0.39, 0.29) is 11.8 Å². The summed E-state index contributed by atoms with van der Waals surface area (Å²) in [5, 5.41) is 1.15. The average Bonchev–Trinajstić information content (AvgIpc) is 3.14. The molecule has 0 unspecified atom stereocenters. The summed E-state index contributed by atoms with van der Waals surface area (Å²) in [7, 11) is 0. The fraction of sp³-hybridized carbons (Fsp3) is 0.360. The minimum atomic E-state index is -0.203. The number of rotatable bonds is 6.